The second-order valence-corrected chi connectivity index (χ2v) is 5.88. The van der Waals surface area contributed by atoms with Gasteiger partial charge in [0.2, 0.25) is 17.7 Å². The molecule has 5 N–H and O–H groups in total. The zero-order valence-corrected chi connectivity index (χ0v) is 14.0. The molecule has 7 nitrogen and oxygen atoms in total. The van der Waals surface area contributed by atoms with Crippen LogP contribution in [0.15, 0.2) is 0 Å². The number of piperidine rings is 1. The maximum atomic E-state index is 12.2. The first-order chi connectivity index (χ1) is 9.90. The monoisotopic (exact) mass is 334 g/mol. The summed E-state index contributed by atoms with van der Waals surface area (Å²) in [6.45, 7) is 4.55. The third-order valence-electron chi connectivity index (χ3n) is 3.40. The lowest BCUT2D eigenvalue weighted by atomic mass is 10.0. The van der Waals surface area contributed by atoms with Crippen molar-refractivity contribution in [2.24, 2.45) is 11.7 Å². The fourth-order valence-corrected chi connectivity index (χ4v) is 2.35. The Kier molecular flexibility index (Phi) is 9.76. The van der Waals surface area contributed by atoms with E-state index in [2.05, 4.69) is 16.0 Å². The Balaban J connectivity index is 0.00000441. The predicted molar refractivity (Wildman–Crippen MR) is 86.5 cm³/mol. The molecule has 1 fully saturated rings. The van der Waals surface area contributed by atoms with E-state index < -0.39 is 11.9 Å². The van der Waals surface area contributed by atoms with E-state index in [0.29, 0.717) is 6.42 Å². The molecule has 1 aliphatic heterocycles. The third-order valence-corrected chi connectivity index (χ3v) is 3.40. The van der Waals surface area contributed by atoms with Gasteiger partial charge in [-0.15, -0.1) is 12.4 Å². The Morgan fingerprint density at radius 3 is 2.45 bits per heavy atom. The molecule has 1 saturated heterocycles. The first-order valence-corrected chi connectivity index (χ1v) is 7.50. The molecule has 1 rings (SSSR count). The van der Waals surface area contributed by atoms with E-state index in [0.717, 1.165) is 25.8 Å². The second kappa shape index (κ2) is 10.4. The third kappa shape index (κ3) is 7.61. The summed E-state index contributed by atoms with van der Waals surface area (Å²) in [5.41, 5.74) is 5.01. The number of nitrogens with two attached hydrogens (primary N) is 1. The number of carbonyl (C=O) groups excluding carboxylic acids is 3. The molecular weight excluding hydrogens is 308 g/mol. The van der Waals surface area contributed by atoms with Crippen LogP contribution < -0.4 is 21.7 Å². The van der Waals surface area contributed by atoms with E-state index in [1.54, 1.807) is 0 Å². The van der Waals surface area contributed by atoms with E-state index in [-0.39, 0.29) is 42.7 Å². The molecule has 0 aliphatic carbocycles. The molecule has 0 aromatic rings. The molecule has 1 unspecified atom stereocenters. The topological polar surface area (TPSA) is 113 Å². The molecule has 3 amide bonds. The SMILES string of the molecule is CC(C)C[C@H](NC(=O)C1CCCCN1)C(=O)NCC(N)=O.Cl. The number of amides is 3. The molecule has 8 heteroatoms. The number of carbonyl (C=O) groups is 3. The number of rotatable bonds is 7. The van der Waals surface area contributed by atoms with Crippen molar-refractivity contribution >= 4 is 30.1 Å². The van der Waals surface area contributed by atoms with Crippen molar-refractivity contribution in [3.8, 4) is 0 Å². The van der Waals surface area contributed by atoms with Gasteiger partial charge in [-0.2, -0.15) is 0 Å². The van der Waals surface area contributed by atoms with Gasteiger partial charge in [-0.1, -0.05) is 20.3 Å². The highest BCUT2D eigenvalue weighted by Crippen LogP contribution is 2.09. The van der Waals surface area contributed by atoms with Crippen LogP contribution in [0, 0.1) is 5.92 Å². The quantitative estimate of drug-likeness (QED) is 0.511. The summed E-state index contributed by atoms with van der Waals surface area (Å²) in [6, 6.07) is -0.877. The molecule has 1 aliphatic rings. The fourth-order valence-electron chi connectivity index (χ4n) is 2.35. The predicted octanol–water partition coefficient (Wildman–Crippen LogP) is -0.317. The lowest BCUT2D eigenvalue weighted by Gasteiger charge is -2.26. The smallest absolute Gasteiger partial charge is 0.243 e. The van der Waals surface area contributed by atoms with E-state index in [1.165, 1.54) is 0 Å². The summed E-state index contributed by atoms with van der Waals surface area (Å²) < 4.78 is 0. The van der Waals surface area contributed by atoms with Crippen LogP contribution in [0.5, 0.6) is 0 Å². The van der Waals surface area contributed by atoms with Crippen LogP contribution >= 0.6 is 12.4 Å². The van der Waals surface area contributed by atoms with Crippen molar-refractivity contribution in [2.75, 3.05) is 13.1 Å². The molecule has 2 atom stereocenters. The molecule has 22 heavy (non-hydrogen) atoms. The van der Waals surface area contributed by atoms with E-state index in [9.17, 15) is 14.4 Å². The standard InChI is InChI=1S/C14H26N4O3.ClH/c1-9(2)7-11(13(20)17-8-12(15)19)18-14(21)10-5-3-4-6-16-10;/h9-11,16H,3-8H2,1-2H3,(H2,15,19)(H,17,20)(H,18,21);1H/t10?,11-;/m0./s1. The van der Waals surface area contributed by atoms with Gasteiger partial charge in [0.1, 0.15) is 6.04 Å². The molecular formula is C14H27ClN4O3. The van der Waals surface area contributed by atoms with Crippen molar-refractivity contribution in [3.63, 3.8) is 0 Å². The highest BCUT2D eigenvalue weighted by atomic mass is 35.5. The van der Waals surface area contributed by atoms with Crippen LogP contribution in [0.2, 0.25) is 0 Å². The summed E-state index contributed by atoms with van der Waals surface area (Å²) >= 11 is 0. The number of hydrogen-bond donors (Lipinski definition) is 4. The number of halogens is 1. The van der Waals surface area contributed by atoms with Gasteiger partial charge in [0.25, 0.3) is 0 Å². The Morgan fingerprint density at radius 2 is 1.95 bits per heavy atom. The van der Waals surface area contributed by atoms with Crippen LogP contribution in [0.3, 0.4) is 0 Å². The fraction of sp³-hybridized carbons (Fsp3) is 0.786. The van der Waals surface area contributed by atoms with Crippen molar-refractivity contribution in [2.45, 2.75) is 51.6 Å². The minimum absolute atomic E-state index is 0. The van der Waals surface area contributed by atoms with Gasteiger partial charge in [0.15, 0.2) is 0 Å². The first-order valence-electron chi connectivity index (χ1n) is 7.50. The number of nitrogens with one attached hydrogen (secondary N) is 3. The van der Waals surface area contributed by atoms with Gasteiger partial charge < -0.3 is 21.7 Å². The van der Waals surface area contributed by atoms with Crippen LogP contribution in [0.4, 0.5) is 0 Å². The summed E-state index contributed by atoms with van der Waals surface area (Å²) in [5.74, 6) is -0.887. The van der Waals surface area contributed by atoms with Crippen LogP contribution in [-0.2, 0) is 14.4 Å². The average Bonchev–Trinajstić information content (AvgIpc) is 2.44. The minimum Gasteiger partial charge on any atom is -0.368 e. The van der Waals surface area contributed by atoms with Gasteiger partial charge in [-0.3, -0.25) is 14.4 Å². The van der Waals surface area contributed by atoms with Crippen LogP contribution in [-0.4, -0.2) is 42.9 Å². The minimum atomic E-state index is -0.638. The highest BCUT2D eigenvalue weighted by Gasteiger charge is 2.27. The Morgan fingerprint density at radius 1 is 1.27 bits per heavy atom. The van der Waals surface area contributed by atoms with Gasteiger partial charge in [-0.25, -0.2) is 0 Å². The van der Waals surface area contributed by atoms with Crippen molar-refractivity contribution in [3.05, 3.63) is 0 Å². The van der Waals surface area contributed by atoms with E-state index in [1.807, 2.05) is 13.8 Å². The highest BCUT2D eigenvalue weighted by molar-refractivity contribution is 5.91. The molecule has 0 bridgehead atoms. The van der Waals surface area contributed by atoms with Gasteiger partial charge in [-0.05, 0) is 31.7 Å². The summed E-state index contributed by atoms with van der Waals surface area (Å²) in [6.07, 6.45) is 3.37. The van der Waals surface area contributed by atoms with E-state index >= 15 is 0 Å². The van der Waals surface area contributed by atoms with Crippen molar-refractivity contribution in [1.29, 1.82) is 0 Å². The number of primary amides is 1. The average molecular weight is 335 g/mol. The molecule has 128 valence electrons. The molecule has 0 spiro atoms. The largest absolute Gasteiger partial charge is 0.368 e. The van der Waals surface area contributed by atoms with Gasteiger partial charge in [0.05, 0.1) is 12.6 Å². The number of hydrogen-bond acceptors (Lipinski definition) is 4. The Bertz CT molecular complexity index is 384. The van der Waals surface area contributed by atoms with Gasteiger partial charge >= 0.3 is 0 Å². The normalized spacial score (nSPS) is 19.0. The second-order valence-electron chi connectivity index (χ2n) is 5.88. The molecule has 1 heterocycles. The van der Waals surface area contributed by atoms with Crippen LogP contribution in [0.25, 0.3) is 0 Å². The Hall–Kier alpha value is -1.34. The first kappa shape index (κ1) is 20.7. The lowest BCUT2D eigenvalue weighted by molar-refractivity contribution is -0.131. The molecule has 0 radical (unpaired) electrons. The molecule has 0 aromatic carbocycles. The summed E-state index contributed by atoms with van der Waals surface area (Å²) in [7, 11) is 0. The van der Waals surface area contributed by atoms with E-state index in [4.69, 9.17) is 5.73 Å². The lowest BCUT2D eigenvalue weighted by Crippen LogP contribution is -2.54. The molecule has 0 saturated carbocycles. The van der Waals surface area contributed by atoms with Crippen LogP contribution in [0.1, 0.15) is 39.5 Å². The maximum Gasteiger partial charge on any atom is 0.243 e. The zero-order valence-electron chi connectivity index (χ0n) is 13.2. The maximum absolute atomic E-state index is 12.2. The van der Waals surface area contributed by atoms with Crippen molar-refractivity contribution in [1.82, 2.24) is 16.0 Å². The zero-order chi connectivity index (χ0) is 15.8. The van der Waals surface area contributed by atoms with Gasteiger partial charge in [0, 0.05) is 0 Å². The Labute approximate surface area is 137 Å². The van der Waals surface area contributed by atoms with Crippen molar-refractivity contribution < 1.29 is 14.4 Å². The molecule has 0 aromatic heterocycles. The summed E-state index contributed by atoms with van der Waals surface area (Å²) in [4.78, 5) is 35.0. The summed E-state index contributed by atoms with van der Waals surface area (Å²) in [5, 5.41) is 8.37.